The molecule has 49 heavy (non-hydrogen) atoms. The van der Waals surface area contributed by atoms with Crippen molar-refractivity contribution in [1.29, 1.82) is 0 Å². The number of aromatic hydroxyl groups is 6. The minimum Gasteiger partial charge on any atom is -0.504 e. The van der Waals surface area contributed by atoms with Crippen molar-refractivity contribution in [3.63, 3.8) is 0 Å². The number of terminal acetylenes is 2. The fourth-order valence-corrected chi connectivity index (χ4v) is 3.33. The Morgan fingerprint density at radius 2 is 0.878 bits per heavy atom. The van der Waals surface area contributed by atoms with E-state index in [2.05, 4.69) is 53.0 Å². The van der Waals surface area contributed by atoms with E-state index in [0.717, 1.165) is 23.2 Å². The number of phenols is 6. The van der Waals surface area contributed by atoms with E-state index in [1.165, 1.54) is 30.3 Å². The van der Waals surface area contributed by atoms with Gasteiger partial charge >= 0.3 is 0 Å². The minimum atomic E-state index is -0.111. The average molecular weight is 736 g/mol. The van der Waals surface area contributed by atoms with Gasteiger partial charge in [0.15, 0.2) is 34.5 Å². The van der Waals surface area contributed by atoms with E-state index >= 15 is 0 Å². The molecule has 12 heteroatoms. The number of hydrogen-bond acceptors (Lipinski definition) is 12. The predicted octanol–water partition coefficient (Wildman–Crippen LogP) is 6.85. The second kappa shape index (κ2) is 38.7. The molecule has 9 nitrogen and oxygen atoms in total. The summed E-state index contributed by atoms with van der Waals surface area (Å²) in [4.78, 5) is 0. The van der Waals surface area contributed by atoms with E-state index in [1.54, 1.807) is 48.5 Å². The topological polar surface area (TPSA) is 157 Å². The lowest BCUT2D eigenvalue weighted by Crippen LogP contribution is -2.12. The first kappa shape index (κ1) is 52.1. The summed E-state index contributed by atoms with van der Waals surface area (Å²) in [6, 6.07) is 14.2. The van der Waals surface area contributed by atoms with E-state index < -0.39 is 0 Å². The molecule has 3 aromatic carbocycles. The molecule has 0 saturated carbocycles. The number of benzene rings is 3. The van der Waals surface area contributed by atoms with Crippen molar-refractivity contribution >= 4 is 37.0 Å². The monoisotopic (exact) mass is 735 g/mol. The third-order valence-corrected chi connectivity index (χ3v) is 5.52. The standard InChI is InChI=1S/C11H15NO2S.2C10H11NO2.2C2H6.2CH4S/c1-15-6-2-5-12-8-9-3-4-10(13)11(14)7-9;2*1-2-5-11-7-8-3-4-9(12)10(13)6-8;4*1-2/h2-4,6-7,12-14H,5,8H2,1H3;2*1,3-4,6,11-13H,5,7H2;2*1-2H3;2*2H,1H3. The lowest BCUT2D eigenvalue weighted by molar-refractivity contribution is 0.403. The SMILES string of the molecule is C#CCNCc1ccc(O)c(O)c1.C#CCNCc1ccc(O)c(O)c1.CC.CC.CS.CS.CSC=CCNCc1ccc(O)c(O)c1. The molecular formula is C37H57N3O6S3. The zero-order valence-corrected chi connectivity index (χ0v) is 32.3. The van der Waals surface area contributed by atoms with Crippen LogP contribution in [0.2, 0.25) is 0 Å². The van der Waals surface area contributed by atoms with Gasteiger partial charge in [0.1, 0.15) is 0 Å². The molecule has 0 aromatic heterocycles. The third-order valence-electron chi connectivity index (χ3n) is 5.06. The van der Waals surface area contributed by atoms with Crippen LogP contribution in [0, 0.1) is 24.7 Å². The van der Waals surface area contributed by atoms with E-state index in [4.69, 9.17) is 38.4 Å². The molecule has 0 fully saturated rings. The highest BCUT2D eigenvalue weighted by Gasteiger charge is 2.01. The van der Waals surface area contributed by atoms with Crippen LogP contribution in [-0.4, -0.2) is 69.0 Å². The van der Waals surface area contributed by atoms with Crippen molar-refractivity contribution < 1.29 is 30.6 Å². The van der Waals surface area contributed by atoms with Gasteiger partial charge in [0, 0.05) is 26.2 Å². The molecule has 0 atom stereocenters. The van der Waals surface area contributed by atoms with E-state index in [1.807, 2.05) is 45.4 Å². The number of phenolic OH excluding ortho intramolecular Hbond substituents is 6. The Kier molecular flexibility index (Phi) is 41.1. The van der Waals surface area contributed by atoms with Crippen LogP contribution in [0.4, 0.5) is 0 Å². The van der Waals surface area contributed by atoms with Gasteiger partial charge in [-0.1, -0.05) is 63.8 Å². The van der Waals surface area contributed by atoms with Gasteiger partial charge in [-0.2, -0.15) is 25.3 Å². The van der Waals surface area contributed by atoms with E-state index in [-0.39, 0.29) is 34.5 Å². The van der Waals surface area contributed by atoms with Crippen LogP contribution in [0.25, 0.3) is 0 Å². The molecule has 0 spiro atoms. The van der Waals surface area contributed by atoms with Crippen molar-refractivity contribution in [2.24, 2.45) is 0 Å². The van der Waals surface area contributed by atoms with Gasteiger partial charge in [0.2, 0.25) is 0 Å². The van der Waals surface area contributed by atoms with Crippen LogP contribution in [0.15, 0.2) is 66.1 Å². The lowest BCUT2D eigenvalue weighted by atomic mass is 10.2. The highest BCUT2D eigenvalue weighted by atomic mass is 32.2. The first-order valence-electron chi connectivity index (χ1n) is 15.3. The summed E-state index contributed by atoms with van der Waals surface area (Å²) in [5.74, 6) is 4.28. The van der Waals surface area contributed by atoms with Gasteiger partial charge in [-0.25, -0.2) is 0 Å². The summed E-state index contributed by atoms with van der Waals surface area (Å²) >= 11 is 8.71. The Morgan fingerprint density at radius 3 is 1.14 bits per heavy atom. The van der Waals surface area contributed by atoms with Crippen molar-refractivity contribution in [3.05, 3.63) is 82.8 Å². The van der Waals surface area contributed by atoms with Gasteiger partial charge in [-0.15, -0.1) is 24.6 Å². The molecule has 0 unspecified atom stereocenters. The molecule has 0 aliphatic heterocycles. The summed E-state index contributed by atoms with van der Waals surface area (Å²) in [6.07, 6.45) is 17.5. The van der Waals surface area contributed by atoms with Gasteiger partial charge in [0.25, 0.3) is 0 Å². The number of thioether (sulfide) groups is 1. The molecule has 3 aromatic rings. The molecule has 0 aliphatic carbocycles. The summed E-state index contributed by atoms with van der Waals surface area (Å²) in [6.45, 7) is 11.6. The quantitative estimate of drug-likeness (QED) is 0.0436. The zero-order valence-electron chi connectivity index (χ0n) is 29.7. The van der Waals surface area contributed by atoms with Gasteiger partial charge in [0.05, 0.1) is 13.1 Å². The summed E-state index contributed by atoms with van der Waals surface area (Å²) in [7, 11) is 0. The number of thiol groups is 2. The average Bonchev–Trinajstić information content (AvgIpc) is 3.13. The molecule has 3 rings (SSSR count). The smallest absolute Gasteiger partial charge is 0.157 e. The van der Waals surface area contributed by atoms with Gasteiger partial charge in [-0.3, -0.25) is 0 Å². The fraction of sp³-hybridized carbons (Fsp3) is 0.351. The number of hydrogen-bond donors (Lipinski definition) is 11. The second-order valence-corrected chi connectivity index (χ2v) is 9.07. The van der Waals surface area contributed by atoms with Crippen molar-refractivity contribution in [2.75, 3.05) is 38.4 Å². The van der Waals surface area contributed by atoms with Crippen LogP contribution in [0.5, 0.6) is 34.5 Å². The second-order valence-electron chi connectivity index (χ2n) is 8.32. The van der Waals surface area contributed by atoms with Crippen molar-refractivity contribution in [2.45, 2.75) is 47.3 Å². The first-order chi connectivity index (χ1) is 23.7. The third kappa shape index (κ3) is 28.9. The van der Waals surface area contributed by atoms with Crippen LogP contribution in [-0.2, 0) is 19.6 Å². The normalized spacial score (nSPS) is 8.88. The Balaban J connectivity index is -0.000000281. The highest BCUT2D eigenvalue weighted by molar-refractivity contribution is 8.01. The molecule has 9 N–H and O–H groups in total. The Bertz CT molecular complexity index is 1260. The maximum atomic E-state index is 9.25. The van der Waals surface area contributed by atoms with Crippen LogP contribution < -0.4 is 16.0 Å². The maximum absolute atomic E-state index is 9.25. The predicted molar refractivity (Wildman–Crippen MR) is 217 cm³/mol. The highest BCUT2D eigenvalue weighted by Crippen LogP contribution is 2.26. The molecule has 274 valence electrons. The number of nitrogens with one attached hydrogen (secondary N) is 3. The number of rotatable bonds is 11. The Morgan fingerprint density at radius 1 is 0.571 bits per heavy atom. The van der Waals surface area contributed by atoms with Crippen LogP contribution >= 0.6 is 37.0 Å². The Hall–Kier alpha value is -3.75. The first-order valence-corrected chi connectivity index (χ1v) is 18.4. The summed E-state index contributed by atoms with van der Waals surface area (Å²) in [5.41, 5.74) is 2.71. The molecule has 0 radical (unpaired) electrons. The molecule has 0 saturated heterocycles. The molecule has 0 bridgehead atoms. The molecule has 0 aliphatic rings. The van der Waals surface area contributed by atoms with Gasteiger partial charge < -0.3 is 46.6 Å². The molecular weight excluding hydrogens is 679 g/mol. The zero-order chi connectivity index (χ0) is 38.5. The summed E-state index contributed by atoms with van der Waals surface area (Å²) in [5, 5.41) is 65.8. The molecule has 0 amide bonds. The maximum Gasteiger partial charge on any atom is 0.157 e. The molecule has 0 heterocycles. The van der Waals surface area contributed by atoms with Crippen molar-refractivity contribution in [3.8, 4) is 59.2 Å². The van der Waals surface area contributed by atoms with Crippen LogP contribution in [0.3, 0.4) is 0 Å². The largest absolute Gasteiger partial charge is 0.504 e. The Labute approximate surface area is 310 Å². The van der Waals surface area contributed by atoms with Crippen molar-refractivity contribution in [1.82, 2.24) is 16.0 Å². The lowest BCUT2D eigenvalue weighted by Gasteiger charge is -2.03. The van der Waals surface area contributed by atoms with E-state index in [9.17, 15) is 5.11 Å². The van der Waals surface area contributed by atoms with Gasteiger partial charge in [-0.05, 0) is 77.3 Å². The minimum absolute atomic E-state index is 0.0750. The summed E-state index contributed by atoms with van der Waals surface area (Å²) < 4.78 is 0. The van der Waals surface area contributed by atoms with Crippen LogP contribution in [0.1, 0.15) is 44.4 Å². The van der Waals surface area contributed by atoms with E-state index in [0.29, 0.717) is 32.7 Å². The fourth-order valence-electron chi connectivity index (χ4n) is 3.04.